The van der Waals surface area contributed by atoms with E-state index in [-0.39, 0.29) is 11.9 Å². The van der Waals surface area contributed by atoms with Crippen molar-refractivity contribution in [1.29, 1.82) is 0 Å². The van der Waals surface area contributed by atoms with Crippen molar-refractivity contribution in [3.8, 4) is 0 Å². The van der Waals surface area contributed by atoms with E-state index in [2.05, 4.69) is 10.1 Å². The fraction of sp³-hybridized carbons (Fsp3) is 0.421. The molecule has 1 unspecified atom stereocenters. The molecule has 0 radical (unpaired) electrons. The second kappa shape index (κ2) is 6.57. The summed E-state index contributed by atoms with van der Waals surface area (Å²) >= 11 is 0. The van der Waals surface area contributed by atoms with Crippen LogP contribution in [0.25, 0.3) is 10.9 Å². The first-order valence-electron chi connectivity index (χ1n) is 8.89. The zero-order valence-electron chi connectivity index (χ0n) is 15.3. The molecule has 0 spiro atoms. The van der Waals surface area contributed by atoms with Gasteiger partial charge in [-0.25, -0.2) is 4.98 Å². The summed E-state index contributed by atoms with van der Waals surface area (Å²) in [5.74, 6) is -0.0668. The number of hydrogen-bond acceptors (Lipinski definition) is 4. The molecule has 3 aromatic rings. The lowest BCUT2D eigenvalue weighted by molar-refractivity contribution is 0.0383. The Morgan fingerprint density at radius 2 is 2.12 bits per heavy atom. The third-order valence-electron chi connectivity index (χ3n) is 5.07. The van der Waals surface area contributed by atoms with E-state index in [4.69, 9.17) is 4.74 Å². The van der Waals surface area contributed by atoms with E-state index >= 15 is 0 Å². The van der Waals surface area contributed by atoms with Crippen LogP contribution < -0.4 is 0 Å². The molecule has 1 aliphatic heterocycles. The average molecular weight is 353 g/mol. The van der Waals surface area contributed by atoms with Crippen LogP contribution in [-0.4, -0.2) is 49.4 Å². The van der Waals surface area contributed by atoms with Gasteiger partial charge in [-0.2, -0.15) is 5.10 Å². The van der Waals surface area contributed by atoms with E-state index in [1.165, 1.54) is 5.69 Å². The topological polar surface area (TPSA) is 65.2 Å². The second-order valence-electron chi connectivity index (χ2n) is 6.69. The van der Waals surface area contributed by atoms with Crippen LogP contribution in [0.5, 0.6) is 0 Å². The molecule has 136 valence electrons. The van der Waals surface area contributed by atoms with E-state index in [0.717, 1.165) is 23.0 Å². The maximum Gasteiger partial charge on any atom is 0.275 e. The van der Waals surface area contributed by atoms with Gasteiger partial charge in [-0.15, -0.1) is 0 Å². The molecule has 0 bridgehead atoms. The van der Waals surface area contributed by atoms with Crippen LogP contribution in [-0.2, 0) is 31.8 Å². The lowest BCUT2D eigenvalue weighted by Crippen LogP contribution is -2.47. The van der Waals surface area contributed by atoms with Crippen molar-refractivity contribution >= 4 is 16.8 Å². The van der Waals surface area contributed by atoms with Crippen molar-refractivity contribution in [2.24, 2.45) is 14.1 Å². The van der Waals surface area contributed by atoms with Gasteiger partial charge in [0.05, 0.1) is 36.7 Å². The van der Waals surface area contributed by atoms with Crippen LogP contribution in [0.3, 0.4) is 0 Å². The summed E-state index contributed by atoms with van der Waals surface area (Å²) in [4.78, 5) is 19.7. The predicted octanol–water partition coefficient (Wildman–Crippen LogP) is 1.91. The first kappa shape index (κ1) is 16.8. The summed E-state index contributed by atoms with van der Waals surface area (Å²) in [6, 6.07) is 7.79. The molecule has 0 N–H and O–H groups in total. The van der Waals surface area contributed by atoms with E-state index in [1.807, 2.05) is 61.1 Å². The standard InChI is InChI=1S/C19H23N5O2/c1-4-26-11-13-9-17-15(20-12-22(17)2)10-24(13)19(25)18-14-7-5-6-8-16(14)23(3)21-18/h5-8,12-13H,4,9-11H2,1-3H3. The maximum atomic E-state index is 13.4. The van der Waals surface area contributed by atoms with E-state index in [0.29, 0.717) is 25.5 Å². The van der Waals surface area contributed by atoms with Crippen LogP contribution in [0.4, 0.5) is 0 Å². The van der Waals surface area contributed by atoms with Crippen LogP contribution in [0, 0.1) is 0 Å². The highest BCUT2D eigenvalue weighted by molar-refractivity contribution is 6.05. The Morgan fingerprint density at radius 3 is 2.92 bits per heavy atom. The lowest BCUT2D eigenvalue weighted by atomic mass is 10.0. The van der Waals surface area contributed by atoms with E-state index in [1.54, 1.807) is 4.68 Å². The molecule has 4 rings (SSSR count). The molecule has 0 aliphatic carbocycles. The molecule has 1 atom stereocenters. The Morgan fingerprint density at radius 1 is 1.31 bits per heavy atom. The average Bonchev–Trinajstić information content (AvgIpc) is 3.19. The Bertz CT molecular complexity index is 958. The number of amides is 1. The Balaban J connectivity index is 1.72. The third-order valence-corrected chi connectivity index (χ3v) is 5.07. The van der Waals surface area contributed by atoms with Crippen molar-refractivity contribution in [1.82, 2.24) is 24.2 Å². The highest BCUT2D eigenvalue weighted by Gasteiger charge is 2.34. The highest BCUT2D eigenvalue weighted by atomic mass is 16.5. The molecule has 1 amide bonds. The van der Waals surface area contributed by atoms with Gasteiger partial charge in [0, 0.05) is 38.2 Å². The number of fused-ring (bicyclic) bond motifs is 2. The van der Waals surface area contributed by atoms with Crippen molar-refractivity contribution in [3.63, 3.8) is 0 Å². The fourth-order valence-electron chi connectivity index (χ4n) is 3.67. The first-order chi connectivity index (χ1) is 12.6. The quantitative estimate of drug-likeness (QED) is 0.719. The number of ether oxygens (including phenoxy) is 1. The SMILES string of the molecule is CCOCC1Cc2c(ncn2C)CN1C(=O)c1nn(C)c2ccccc12. The van der Waals surface area contributed by atoms with E-state index < -0.39 is 0 Å². The highest BCUT2D eigenvalue weighted by Crippen LogP contribution is 2.26. The van der Waals surface area contributed by atoms with E-state index in [9.17, 15) is 4.79 Å². The fourth-order valence-corrected chi connectivity index (χ4v) is 3.67. The lowest BCUT2D eigenvalue weighted by Gasteiger charge is -2.35. The second-order valence-corrected chi connectivity index (χ2v) is 6.69. The normalized spacial score (nSPS) is 16.9. The first-order valence-corrected chi connectivity index (χ1v) is 8.89. The van der Waals surface area contributed by atoms with Gasteiger partial charge in [-0.1, -0.05) is 18.2 Å². The van der Waals surface area contributed by atoms with Gasteiger partial charge >= 0.3 is 0 Å². The Labute approximate surface area is 152 Å². The molecule has 1 aromatic carbocycles. The molecule has 0 saturated carbocycles. The van der Waals surface area contributed by atoms with Gasteiger partial charge in [-0.05, 0) is 13.0 Å². The zero-order valence-corrected chi connectivity index (χ0v) is 15.3. The van der Waals surface area contributed by atoms with Gasteiger partial charge < -0.3 is 14.2 Å². The number of carbonyl (C=O) groups excluding carboxylic acids is 1. The summed E-state index contributed by atoms with van der Waals surface area (Å²) in [6.45, 7) is 3.59. The van der Waals surface area contributed by atoms with Crippen molar-refractivity contribution < 1.29 is 9.53 Å². The van der Waals surface area contributed by atoms with Gasteiger partial charge in [0.1, 0.15) is 0 Å². The van der Waals surface area contributed by atoms with Crippen molar-refractivity contribution in [3.05, 3.63) is 47.7 Å². The van der Waals surface area contributed by atoms with Gasteiger partial charge in [0.15, 0.2) is 5.69 Å². The summed E-state index contributed by atoms with van der Waals surface area (Å²) in [7, 11) is 3.86. The Hall–Kier alpha value is -2.67. The number of hydrogen-bond donors (Lipinski definition) is 0. The molecule has 26 heavy (non-hydrogen) atoms. The monoisotopic (exact) mass is 353 g/mol. The van der Waals surface area contributed by atoms with Gasteiger partial charge in [0.2, 0.25) is 0 Å². The summed E-state index contributed by atoms with van der Waals surface area (Å²) in [5.41, 5.74) is 3.56. The number of para-hydroxylation sites is 1. The minimum absolute atomic E-state index is 0.0221. The van der Waals surface area contributed by atoms with Crippen molar-refractivity contribution in [2.45, 2.75) is 25.9 Å². The minimum atomic E-state index is -0.0668. The predicted molar refractivity (Wildman–Crippen MR) is 97.8 cm³/mol. The molecular weight excluding hydrogens is 330 g/mol. The van der Waals surface area contributed by atoms with Gasteiger partial charge in [0.25, 0.3) is 5.91 Å². The number of aryl methyl sites for hydroxylation is 2. The Kier molecular flexibility index (Phi) is 4.24. The molecule has 0 saturated heterocycles. The zero-order chi connectivity index (χ0) is 18.3. The maximum absolute atomic E-state index is 13.4. The number of carbonyl (C=O) groups is 1. The largest absolute Gasteiger partial charge is 0.380 e. The van der Waals surface area contributed by atoms with Crippen LogP contribution in [0.15, 0.2) is 30.6 Å². The summed E-state index contributed by atoms with van der Waals surface area (Å²) in [5, 5.41) is 5.38. The van der Waals surface area contributed by atoms with Gasteiger partial charge in [-0.3, -0.25) is 9.48 Å². The summed E-state index contributed by atoms with van der Waals surface area (Å²) < 4.78 is 9.46. The summed E-state index contributed by atoms with van der Waals surface area (Å²) in [6.07, 6.45) is 2.55. The molecule has 7 heteroatoms. The van der Waals surface area contributed by atoms with Crippen LogP contribution in [0.2, 0.25) is 0 Å². The number of aromatic nitrogens is 4. The molecule has 1 aliphatic rings. The third kappa shape index (κ3) is 2.68. The van der Waals surface area contributed by atoms with Crippen molar-refractivity contribution in [2.75, 3.05) is 13.2 Å². The molecule has 7 nitrogen and oxygen atoms in total. The molecule has 0 fully saturated rings. The molecule has 3 heterocycles. The number of imidazole rings is 1. The smallest absolute Gasteiger partial charge is 0.275 e. The molecule has 2 aromatic heterocycles. The van der Waals surface area contributed by atoms with Crippen LogP contribution in [0.1, 0.15) is 28.8 Å². The number of benzene rings is 1. The minimum Gasteiger partial charge on any atom is -0.380 e. The van der Waals surface area contributed by atoms with Crippen LogP contribution >= 0.6 is 0 Å². The molecular formula is C19H23N5O2. The number of nitrogens with zero attached hydrogens (tertiary/aromatic N) is 5. The number of rotatable bonds is 4.